The van der Waals surface area contributed by atoms with Crippen LogP contribution in [0.4, 0.5) is 0 Å². The maximum atomic E-state index is 13.4. The fourth-order valence-corrected chi connectivity index (χ4v) is 7.31. The molecular weight excluding hydrogens is 500 g/mol. The van der Waals surface area contributed by atoms with Gasteiger partial charge in [0.25, 0.3) is 0 Å². The Bertz CT molecular complexity index is 1260. The van der Waals surface area contributed by atoms with Gasteiger partial charge in [0.05, 0.1) is 27.7 Å². The first-order valence-corrected chi connectivity index (χ1v) is 13.5. The Morgan fingerprint density at radius 2 is 1.33 bits per heavy atom. The fraction of sp³-hybridized carbons (Fsp3) is 0.516. The largest absolute Gasteiger partial charge is 0.459 e. The third kappa shape index (κ3) is 4.16. The SMILES string of the molecule is CC(=O)O[C@@H]1[C@@H]2C[C@H](OC(=O)c3ccccc3)[C@]3(C)C(OC(=O)c4ccccc4)CC[C@](C)(O)[C@@]13OC2(C)C. The van der Waals surface area contributed by atoms with Gasteiger partial charge >= 0.3 is 17.9 Å². The molecule has 2 saturated carbocycles. The predicted molar refractivity (Wildman–Crippen MR) is 141 cm³/mol. The lowest BCUT2D eigenvalue weighted by molar-refractivity contribution is -0.326. The van der Waals surface area contributed by atoms with E-state index in [-0.39, 0.29) is 12.8 Å². The maximum Gasteiger partial charge on any atom is 0.338 e. The van der Waals surface area contributed by atoms with E-state index in [2.05, 4.69) is 0 Å². The predicted octanol–water partition coefficient (Wildman–Crippen LogP) is 4.49. The number of carbonyl (C=O) groups is 3. The lowest BCUT2D eigenvalue weighted by atomic mass is 9.47. The van der Waals surface area contributed by atoms with Crippen molar-refractivity contribution in [1.29, 1.82) is 0 Å². The maximum absolute atomic E-state index is 13.4. The number of benzene rings is 2. The van der Waals surface area contributed by atoms with Crippen LogP contribution in [-0.4, -0.2) is 58.1 Å². The van der Waals surface area contributed by atoms with Gasteiger partial charge in [-0.15, -0.1) is 0 Å². The molecular formula is C31H36O8. The Labute approximate surface area is 228 Å². The molecule has 0 aromatic heterocycles. The third-order valence-electron chi connectivity index (χ3n) is 9.19. The van der Waals surface area contributed by atoms with Gasteiger partial charge in [-0.05, 0) is 71.2 Å². The van der Waals surface area contributed by atoms with Gasteiger partial charge < -0.3 is 24.1 Å². The Kier molecular flexibility index (Phi) is 6.63. The minimum atomic E-state index is -1.53. The number of hydrogen-bond donors (Lipinski definition) is 1. The summed E-state index contributed by atoms with van der Waals surface area (Å²) < 4.78 is 25.2. The molecule has 3 aliphatic rings. The van der Waals surface area contributed by atoms with Crippen molar-refractivity contribution in [3.8, 4) is 0 Å². The van der Waals surface area contributed by atoms with Crippen molar-refractivity contribution in [2.24, 2.45) is 11.3 Å². The molecule has 8 nitrogen and oxygen atoms in total. The van der Waals surface area contributed by atoms with Crippen LogP contribution in [0.3, 0.4) is 0 Å². The fourth-order valence-electron chi connectivity index (χ4n) is 7.31. The standard InChI is InChI=1S/C31H36O8/c1-19(32)36-25-22-18-24(38-27(34)21-14-10-7-11-15-21)30(5)23(37-26(33)20-12-8-6-9-13-20)16-17-29(4,35)31(25,30)39-28(22,2)3/h6-15,22-25,35H,16-18H2,1-5H3/t22-,23?,24-,25+,29-,30-,31-/m0/s1. The van der Waals surface area contributed by atoms with Crippen molar-refractivity contribution in [3.63, 3.8) is 0 Å². The summed E-state index contributed by atoms with van der Waals surface area (Å²) in [7, 11) is 0. The van der Waals surface area contributed by atoms with Crippen LogP contribution < -0.4 is 0 Å². The van der Waals surface area contributed by atoms with E-state index in [9.17, 15) is 19.5 Å². The summed E-state index contributed by atoms with van der Waals surface area (Å²) in [4.78, 5) is 39.1. The van der Waals surface area contributed by atoms with Crippen LogP contribution in [-0.2, 0) is 23.7 Å². The lowest BCUT2D eigenvalue weighted by Gasteiger charge is -2.64. The van der Waals surface area contributed by atoms with Gasteiger partial charge in [-0.25, -0.2) is 9.59 Å². The van der Waals surface area contributed by atoms with Gasteiger partial charge in [0.1, 0.15) is 23.9 Å². The first-order valence-electron chi connectivity index (χ1n) is 13.5. The van der Waals surface area contributed by atoms with Crippen LogP contribution >= 0.6 is 0 Å². The van der Waals surface area contributed by atoms with E-state index in [1.165, 1.54) is 6.92 Å². The highest BCUT2D eigenvalue weighted by molar-refractivity contribution is 5.90. The zero-order valence-corrected chi connectivity index (χ0v) is 23.0. The van der Waals surface area contributed by atoms with Crippen molar-refractivity contribution in [3.05, 3.63) is 71.8 Å². The molecule has 2 aromatic carbocycles. The number of fused-ring (bicyclic) bond motifs is 1. The topological polar surface area (TPSA) is 108 Å². The first kappa shape index (κ1) is 27.3. The summed E-state index contributed by atoms with van der Waals surface area (Å²) in [6, 6.07) is 17.3. The van der Waals surface area contributed by atoms with Crippen LogP contribution in [0.1, 0.15) is 74.6 Å². The van der Waals surface area contributed by atoms with Gasteiger partial charge in [0.15, 0.2) is 0 Å². The van der Waals surface area contributed by atoms with Crippen LogP contribution in [0.15, 0.2) is 60.7 Å². The molecule has 1 saturated heterocycles. The number of esters is 3. The normalized spacial score (nSPS) is 36.4. The summed E-state index contributed by atoms with van der Waals surface area (Å²) in [6.07, 6.45) is -1.68. The van der Waals surface area contributed by atoms with Gasteiger partial charge in [-0.1, -0.05) is 36.4 Å². The van der Waals surface area contributed by atoms with E-state index in [1.807, 2.05) is 32.9 Å². The zero-order chi connectivity index (χ0) is 28.2. The van der Waals surface area contributed by atoms with Crippen molar-refractivity contribution in [2.45, 2.75) is 89.0 Å². The number of ether oxygens (including phenoxy) is 4. The molecule has 8 heteroatoms. The molecule has 1 N–H and O–H groups in total. The molecule has 1 unspecified atom stereocenters. The quantitative estimate of drug-likeness (QED) is 0.440. The molecule has 208 valence electrons. The van der Waals surface area contributed by atoms with Gasteiger partial charge in [-0.3, -0.25) is 4.79 Å². The van der Waals surface area contributed by atoms with Gasteiger partial charge in [0.2, 0.25) is 0 Å². The van der Waals surface area contributed by atoms with Crippen molar-refractivity contribution >= 4 is 17.9 Å². The highest BCUT2D eigenvalue weighted by atomic mass is 16.6. The van der Waals surface area contributed by atoms with E-state index in [4.69, 9.17) is 18.9 Å². The molecule has 2 aliphatic carbocycles. The number of aliphatic hydroxyl groups is 1. The number of rotatable bonds is 5. The molecule has 7 atom stereocenters. The van der Waals surface area contributed by atoms with Gasteiger partial charge in [-0.2, -0.15) is 0 Å². The second kappa shape index (κ2) is 9.45. The molecule has 2 aromatic rings. The second-order valence-electron chi connectivity index (χ2n) is 11.9. The average Bonchev–Trinajstić information content (AvgIpc) is 3.07. The summed E-state index contributed by atoms with van der Waals surface area (Å²) in [5.41, 5.74) is -4.38. The average molecular weight is 537 g/mol. The highest BCUT2D eigenvalue weighted by Gasteiger charge is 2.82. The van der Waals surface area contributed by atoms with Gasteiger partial charge in [0, 0.05) is 12.8 Å². The zero-order valence-electron chi connectivity index (χ0n) is 23.0. The molecule has 2 bridgehead atoms. The molecule has 39 heavy (non-hydrogen) atoms. The van der Waals surface area contributed by atoms with E-state index in [1.54, 1.807) is 55.5 Å². The molecule has 3 fully saturated rings. The smallest absolute Gasteiger partial charge is 0.338 e. The number of carbonyl (C=O) groups excluding carboxylic acids is 3. The second-order valence-corrected chi connectivity index (χ2v) is 11.9. The minimum Gasteiger partial charge on any atom is -0.459 e. The van der Waals surface area contributed by atoms with Crippen LogP contribution in [0, 0.1) is 11.3 Å². The van der Waals surface area contributed by atoms with E-state index in [0.29, 0.717) is 17.5 Å². The van der Waals surface area contributed by atoms with Crippen LogP contribution in [0.5, 0.6) is 0 Å². The Morgan fingerprint density at radius 3 is 1.85 bits per heavy atom. The van der Waals surface area contributed by atoms with E-state index < -0.39 is 64.4 Å². The molecule has 1 spiro atoms. The van der Waals surface area contributed by atoms with Crippen molar-refractivity contribution in [2.75, 3.05) is 0 Å². The monoisotopic (exact) mass is 536 g/mol. The summed E-state index contributed by atoms with van der Waals surface area (Å²) in [5, 5.41) is 12.1. The van der Waals surface area contributed by atoms with Crippen LogP contribution in [0.25, 0.3) is 0 Å². The summed E-state index contributed by atoms with van der Waals surface area (Å²) >= 11 is 0. The molecule has 1 heterocycles. The van der Waals surface area contributed by atoms with E-state index >= 15 is 0 Å². The number of hydrogen-bond acceptors (Lipinski definition) is 8. The third-order valence-corrected chi connectivity index (χ3v) is 9.19. The summed E-state index contributed by atoms with van der Waals surface area (Å²) in [6.45, 7) is 8.59. The lowest BCUT2D eigenvalue weighted by Crippen LogP contribution is -2.79. The van der Waals surface area contributed by atoms with E-state index in [0.717, 1.165) is 0 Å². The Hall–Kier alpha value is -3.23. The molecule has 0 radical (unpaired) electrons. The van der Waals surface area contributed by atoms with Crippen molar-refractivity contribution in [1.82, 2.24) is 0 Å². The Morgan fingerprint density at radius 1 is 0.821 bits per heavy atom. The first-order chi connectivity index (χ1) is 18.3. The minimum absolute atomic E-state index is 0.218. The molecule has 1 aliphatic heterocycles. The van der Waals surface area contributed by atoms with Crippen LogP contribution in [0.2, 0.25) is 0 Å². The summed E-state index contributed by atoms with van der Waals surface area (Å²) in [5.74, 6) is -1.96. The Balaban J connectivity index is 1.64. The molecule has 5 rings (SSSR count). The highest BCUT2D eigenvalue weighted by Crippen LogP contribution is 2.68. The molecule has 0 amide bonds. The van der Waals surface area contributed by atoms with Crippen molar-refractivity contribution < 1.29 is 38.4 Å².